The minimum atomic E-state index is -0.00166. The van der Waals surface area contributed by atoms with Crippen molar-refractivity contribution in [2.24, 2.45) is 0 Å². The Hall–Kier alpha value is -1.85. The smallest absolute Gasteiger partial charge is 0.253 e. The van der Waals surface area contributed by atoms with Crippen LogP contribution in [0.1, 0.15) is 16.1 Å². The maximum absolute atomic E-state index is 12.4. The number of hydrogen-bond donors (Lipinski definition) is 2. The number of carbonyl (C=O) groups excluding carboxylic acids is 1. The average molecular weight is 287 g/mol. The highest BCUT2D eigenvalue weighted by Crippen LogP contribution is 2.21. The standard InChI is InChI=1S/C16H21N3O2/c1-12-15(13-4-2-3-5-14(13)18-12)16(20)17-6-7-19-8-10-21-11-9-19/h2-5,18H,6-11H2,1H3,(H,17,20). The summed E-state index contributed by atoms with van der Waals surface area (Å²) in [6.07, 6.45) is 0. The lowest BCUT2D eigenvalue weighted by atomic mass is 10.1. The lowest BCUT2D eigenvalue weighted by Crippen LogP contribution is -2.41. The zero-order chi connectivity index (χ0) is 14.7. The van der Waals surface area contributed by atoms with Crippen LogP contribution in [-0.4, -0.2) is 55.2 Å². The van der Waals surface area contributed by atoms with Gasteiger partial charge < -0.3 is 15.0 Å². The fraction of sp³-hybridized carbons (Fsp3) is 0.438. The van der Waals surface area contributed by atoms with Crippen molar-refractivity contribution in [3.63, 3.8) is 0 Å². The van der Waals surface area contributed by atoms with Crippen LogP contribution in [0.4, 0.5) is 0 Å². The highest BCUT2D eigenvalue weighted by Gasteiger charge is 2.16. The molecule has 0 aliphatic carbocycles. The number of amides is 1. The second-order valence-corrected chi connectivity index (χ2v) is 5.38. The Morgan fingerprint density at radius 2 is 2.10 bits per heavy atom. The topological polar surface area (TPSA) is 57.4 Å². The monoisotopic (exact) mass is 287 g/mol. The number of fused-ring (bicyclic) bond motifs is 1. The molecule has 21 heavy (non-hydrogen) atoms. The van der Waals surface area contributed by atoms with E-state index in [0.717, 1.165) is 55.0 Å². The fourth-order valence-corrected chi connectivity index (χ4v) is 2.81. The average Bonchev–Trinajstić information content (AvgIpc) is 2.84. The molecular weight excluding hydrogens is 266 g/mol. The minimum Gasteiger partial charge on any atom is -0.379 e. The van der Waals surface area contributed by atoms with Crippen LogP contribution in [0.2, 0.25) is 0 Å². The molecule has 1 aliphatic heterocycles. The molecule has 2 aromatic rings. The Labute approximate surface area is 124 Å². The predicted octanol–water partition coefficient (Wildman–Crippen LogP) is 1.54. The molecule has 1 aliphatic rings. The SMILES string of the molecule is Cc1[nH]c2ccccc2c1C(=O)NCCN1CCOCC1. The Bertz CT molecular complexity index is 629. The van der Waals surface area contributed by atoms with Gasteiger partial charge in [-0.2, -0.15) is 0 Å². The molecule has 5 heteroatoms. The molecule has 0 saturated carbocycles. The third-order valence-corrected chi connectivity index (χ3v) is 3.94. The summed E-state index contributed by atoms with van der Waals surface area (Å²) in [5, 5.41) is 4.01. The number of hydrogen-bond acceptors (Lipinski definition) is 3. The lowest BCUT2D eigenvalue weighted by Gasteiger charge is -2.26. The Balaban J connectivity index is 1.62. The third-order valence-electron chi connectivity index (χ3n) is 3.94. The molecule has 0 bridgehead atoms. The first-order valence-corrected chi connectivity index (χ1v) is 7.41. The molecule has 5 nitrogen and oxygen atoms in total. The van der Waals surface area contributed by atoms with E-state index in [1.54, 1.807) is 0 Å². The maximum atomic E-state index is 12.4. The van der Waals surface area contributed by atoms with E-state index in [4.69, 9.17) is 4.74 Å². The van der Waals surface area contributed by atoms with E-state index in [9.17, 15) is 4.79 Å². The number of para-hydroxylation sites is 1. The number of nitrogens with zero attached hydrogens (tertiary/aromatic N) is 1. The second kappa shape index (κ2) is 6.28. The first-order chi connectivity index (χ1) is 10.3. The first kappa shape index (κ1) is 14.1. The number of aromatic nitrogens is 1. The Morgan fingerprint density at radius 1 is 1.33 bits per heavy atom. The van der Waals surface area contributed by atoms with Gasteiger partial charge >= 0.3 is 0 Å². The molecule has 1 aromatic carbocycles. The molecule has 1 aromatic heterocycles. The molecule has 2 heterocycles. The predicted molar refractivity (Wildman–Crippen MR) is 82.6 cm³/mol. The van der Waals surface area contributed by atoms with Crippen molar-refractivity contribution in [3.05, 3.63) is 35.5 Å². The molecule has 2 N–H and O–H groups in total. The van der Waals surface area contributed by atoms with E-state index >= 15 is 0 Å². The van der Waals surface area contributed by atoms with Crippen molar-refractivity contribution in [1.82, 2.24) is 15.2 Å². The van der Waals surface area contributed by atoms with Crippen molar-refractivity contribution in [3.8, 4) is 0 Å². The number of rotatable bonds is 4. The summed E-state index contributed by atoms with van der Waals surface area (Å²) >= 11 is 0. The van der Waals surface area contributed by atoms with E-state index < -0.39 is 0 Å². The van der Waals surface area contributed by atoms with Crippen molar-refractivity contribution >= 4 is 16.8 Å². The molecule has 1 fully saturated rings. The Morgan fingerprint density at radius 3 is 2.90 bits per heavy atom. The molecule has 3 rings (SSSR count). The summed E-state index contributed by atoms with van der Waals surface area (Å²) in [5.41, 5.74) is 2.68. The van der Waals surface area contributed by atoms with Crippen molar-refractivity contribution < 1.29 is 9.53 Å². The summed E-state index contributed by atoms with van der Waals surface area (Å²) in [4.78, 5) is 18.0. The van der Waals surface area contributed by atoms with Crippen LogP contribution in [0, 0.1) is 6.92 Å². The van der Waals surface area contributed by atoms with Crippen molar-refractivity contribution in [2.75, 3.05) is 39.4 Å². The van der Waals surface area contributed by atoms with Gasteiger partial charge in [-0.3, -0.25) is 9.69 Å². The summed E-state index contributed by atoms with van der Waals surface area (Å²) in [6.45, 7) is 6.94. The quantitative estimate of drug-likeness (QED) is 0.897. The second-order valence-electron chi connectivity index (χ2n) is 5.38. The Kier molecular flexibility index (Phi) is 4.22. The molecule has 1 amide bonds. The number of benzene rings is 1. The molecule has 0 unspecified atom stereocenters. The fourth-order valence-electron chi connectivity index (χ4n) is 2.81. The zero-order valence-corrected chi connectivity index (χ0v) is 12.3. The van der Waals surface area contributed by atoms with E-state index in [1.165, 1.54) is 0 Å². The van der Waals surface area contributed by atoms with Gasteiger partial charge in [0.05, 0.1) is 18.8 Å². The third kappa shape index (κ3) is 3.09. The van der Waals surface area contributed by atoms with E-state index in [-0.39, 0.29) is 5.91 Å². The minimum absolute atomic E-state index is 0.00166. The van der Waals surface area contributed by atoms with Crippen LogP contribution < -0.4 is 5.32 Å². The molecule has 0 radical (unpaired) electrons. The van der Waals surface area contributed by atoms with Crippen LogP contribution in [0.25, 0.3) is 10.9 Å². The highest BCUT2D eigenvalue weighted by atomic mass is 16.5. The van der Waals surface area contributed by atoms with Gasteiger partial charge in [-0.05, 0) is 13.0 Å². The van der Waals surface area contributed by atoms with Gasteiger partial charge in [0.15, 0.2) is 0 Å². The molecule has 112 valence electrons. The molecular formula is C16H21N3O2. The van der Waals surface area contributed by atoms with Crippen LogP contribution in [0.15, 0.2) is 24.3 Å². The van der Waals surface area contributed by atoms with E-state index in [2.05, 4.69) is 15.2 Å². The van der Waals surface area contributed by atoms with Crippen molar-refractivity contribution in [1.29, 1.82) is 0 Å². The summed E-state index contributed by atoms with van der Waals surface area (Å²) in [6, 6.07) is 7.90. The van der Waals surface area contributed by atoms with Crippen LogP contribution in [0.5, 0.6) is 0 Å². The van der Waals surface area contributed by atoms with Crippen LogP contribution in [-0.2, 0) is 4.74 Å². The number of nitrogens with one attached hydrogen (secondary N) is 2. The summed E-state index contributed by atoms with van der Waals surface area (Å²) in [5.74, 6) is -0.00166. The normalized spacial score (nSPS) is 16.2. The van der Waals surface area contributed by atoms with E-state index in [0.29, 0.717) is 6.54 Å². The van der Waals surface area contributed by atoms with Gasteiger partial charge in [0.1, 0.15) is 0 Å². The molecule has 0 atom stereocenters. The molecule has 0 spiro atoms. The lowest BCUT2D eigenvalue weighted by molar-refractivity contribution is 0.0383. The van der Waals surface area contributed by atoms with Crippen LogP contribution >= 0.6 is 0 Å². The van der Waals surface area contributed by atoms with Gasteiger partial charge in [0, 0.05) is 42.8 Å². The van der Waals surface area contributed by atoms with Gasteiger partial charge in [-0.1, -0.05) is 18.2 Å². The number of ether oxygens (including phenoxy) is 1. The number of H-pyrrole nitrogens is 1. The van der Waals surface area contributed by atoms with Gasteiger partial charge in [-0.25, -0.2) is 0 Å². The number of morpholine rings is 1. The first-order valence-electron chi connectivity index (χ1n) is 7.41. The number of carbonyl (C=O) groups is 1. The maximum Gasteiger partial charge on any atom is 0.253 e. The van der Waals surface area contributed by atoms with Crippen LogP contribution in [0.3, 0.4) is 0 Å². The highest BCUT2D eigenvalue weighted by molar-refractivity contribution is 6.08. The number of aryl methyl sites for hydroxylation is 1. The summed E-state index contributed by atoms with van der Waals surface area (Å²) in [7, 11) is 0. The van der Waals surface area contributed by atoms with Gasteiger partial charge in [-0.15, -0.1) is 0 Å². The van der Waals surface area contributed by atoms with E-state index in [1.807, 2.05) is 31.2 Å². The largest absolute Gasteiger partial charge is 0.379 e. The van der Waals surface area contributed by atoms with Gasteiger partial charge in [0.2, 0.25) is 0 Å². The summed E-state index contributed by atoms with van der Waals surface area (Å²) < 4.78 is 5.32. The zero-order valence-electron chi connectivity index (χ0n) is 12.3. The van der Waals surface area contributed by atoms with Gasteiger partial charge in [0.25, 0.3) is 5.91 Å². The number of aromatic amines is 1. The molecule has 1 saturated heterocycles. The van der Waals surface area contributed by atoms with Crippen molar-refractivity contribution in [2.45, 2.75) is 6.92 Å².